The molecule has 12 aromatic rings. The molecule has 6 heteroatoms. The molecule has 0 saturated carbocycles. The first-order valence-electron chi connectivity index (χ1n) is 22.4. The summed E-state index contributed by atoms with van der Waals surface area (Å²) in [5, 5.41) is 4.12. The first kappa shape index (κ1) is 41.9. The Hall–Kier alpha value is -7.76. The van der Waals surface area contributed by atoms with Crippen LogP contribution in [0.15, 0.2) is 203 Å². The van der Waals surface area contributed by atoms with Crippen molar-refractivity contribution in [3.8, 4) is 56.0 Å². The van der Waals surface area contributed by atoms with E-state index in [4.69, 9.17) is 13.8 Å². The van der Waals surface area contributed by atoms with E-state index in [1.165, 1.54) is 33.4 Å². The molecule has 67 heavy (non-hydrogen) atoms. The second kappa shape index (κ2) is 18.3. The number of nitrogens with zero attached hydrogens (tertiary/aromatic N) is 3. The third-order valence-corrected chi connectivity index (χ3v) is 12.6. The molecule has 0 saturated heterocycles. The second-order valence-corrected chi connectivity index (χ2v) is 16.8. The zero-order valence-electron chi connectivity index (χ0n) is 36.3. The SMILES string of the molecule is [Ir+3].[c-]1cc(CCc2cc(CCc3c[c-]c(-c4ccccn4)cc3)cc(-c3ccccc3-c3c[c-]c(-c4cc5c(cn4)oc4cc6c(cc45)oc4ccccc46)cc3)c2)ccc1-c1ccccn1. The van der Waals surface area contributed by atoms with E-state index in [0.29, 0.717) is 0 Å². The molecule has 0 radical (unpaired) electrons. The van der Waals surface area contributed by atoms with Crippen LogP contribution in [-0.2, 0) is 45.8 Å². The fourth-order valence-corrected chi connectivity index (χ4v) is 9.16. The van der Waals surface area contributed by atoms with Crippen molar-refractivity contribution >= 4 is 43.9 Å². The Kier molecular flexibility index (Phi) is 11.4. The van der Waals surface area contributed by atoms with Gasteiger partial charge in [-0.1, -0.05) is 115 Å². The molecule has 0 aliphatic carbocycles. The Labute approximate surface area is 402 Å². The van der Waals surface area contributed by atoms with E-state index in [9.17, 15) is 0 Å². The molecule has 0 aliphatic heterocycles. The summed E-state index contributed by atoms with van der Waals surface area (Å²) in [4.78, 5) is 13.8. The van der Waals surface area contributed by atoms with E-state index in [0.717, 1.165) is 114 Å². The zero-order chi connectivity index (χ0) is 43.8. The molecule has 7 aromatic carbocycles. The van der Waals surface area contributed by atoms with Crippen molar-refractivity contribution < 1.29 is 28.9 Å². The topological polar surface area (TPSA) is 65.0 Å². The Balaban J connectivity index is 0.00000494. The van der Waals surface area contributed by atoms with Gasteiger partial charge in [-0.25, -0.2) is 0 Å². The predicted octanol–water partition coefficient (Wildman–Crippen LogP) is 15.0. The molecule has 5 nitrogen and oxygen atoms in total. The first-order chi connectivity index (χ1) is 32.6. The van der Waals surface area contributed by atoms with E-state index in [-0.39, 0.29) is 20.1 Å². The van der Waals surface area contributed by atoms with E-state index in [1.807, 2.05) is 73.2 Å². The summed E-state index contributed by atoms with van der Waals surface area (Å²) in [5.74, 6) is 0. The molecule has 0 spiro atoms. The van der Waals surface area contributed by atoms with Crippen molar-refractivity contribution in [1.29, 1.82) is 0 Å². The maximum Gasteiger partial charge on any atom is 3.00 e. The summed E-state index contributed by atoms with van der Waals surface area (Å²) < 4.78 is 12.5. The van der Waals surface area contributed by atoms with Crippen LogP contribution in [0.2, 0.25) is 0 Å². The van der Waals surface area contributed by atoms with Crippen molar-refractivity contribution in [1.82, 2.24) is 15.0 Å². The molecule has 12 rings (SSSR count). The number of pyridine rings is 3. The fourth-order valence-electron chi connectivity index (χ4n) is 9.16. The summed E-state index contributed by atoms with van der Waals surface area (Å²) in [5.41, 5.74) is 18.6. The average molecular weight is 1040 g/mol. The average Bonchev–Trinajstić information content (AvgIpc) is 3.94. The summed E-state index contributed by atoms with van der Waals surface area (Å²) in [6, 6.07) is 72.0. The van der Waals surface area contributed by atoms with E-state index in [2.05, 4.69) is 149 Å². The molecule has 0 amide bonds. The van der Waals surface area contributed by atoms with Gasteiger partial charge in [-0.15, -0.1) is 101 Å². The number of aryl methyl sites for hydroxylation is 4. The van der Waals surface area contributed by atoms with Gasteiger partial charge in [0, 0.05) is 33.9 Å². The Morgan fingerprint density at radius 3 is 1.48 bits per heavy atom. The van der Waals surface area contributed by atoms with Crippen LogP contribution in [-0.4, -0.2) is 15.0 Å². The molecule has 0 aliphatic rings. The van der Waals surface area contributed by atoms with Crippen LogP contribution in [0.1, 0.15) is 22.3 Å². The number of fused-ring (bicyclic) bond motifs is 6. The van der Waals surface area contributed by atoms with Crippen LogP contribution in [0.4, 0.5) is 0 Å². The number of furan rings is 2. The minimum Gasteiger partial charge on any atom is -0.456 e. The molecule has 5 heterocycles. The van der Waals surface area contributed by atoms with Crippen LogP contribution in [0.3, 0.4) is 0 Å². The van der Waals surface area contributed by atoms with Crippen molar-refractivity contribution in [2.45, 2.75) is 25.7 Å². The monoisotopic (exact) mass is 1040 g/mol. The first-order valence-corrected chi connectivity index (χ1v) is 22.4. The second-order valence-electron chi connectivity index (χ2n) is 16.8. The van der Waals surface area contributed by atoms with Crippen LogP contribution in [0, 0.1) is 18.2 Å². The Morgan fingerprint density at radius 2 is 0.881 bits per heavy atom. The van der Waals surface area contributed by atoms with Crippen LogP contribution >= 0.6 is 0 Å². The normalized spacial score (nSPS) is 11.4. The Bertz CT molecular complexity index is 3570. The standard InChI is InChI=1S/C61H40N3O2.Ir/c1-2-10-50(49(9-1)44-27-29-47(30-28-44)57-36-52-54-38-59-53(37-60(54)66-61(52)39-64-57)51-11-3-4-14-58(51)65-59)48-34-42(17-15-40-19-23-45(24-20-40)55-12-5-7-31-62-55)33-43(35-48)18-16-41-21-25-46(26-22-41)56-13-6-8-32-63-56;/h1-14,19-23,25,27-29,31-39H,15-18H2;/q-3;+3. The summed E-state index contributed by atoms with van der Waals surface area (Å²) in [6.45, 7) is 0. The van der Waals surface area contributed by atoms with Crippen LogP contribution in [0.25, 0.3) is 99.9 Å². The van der Waals surface area contributed by atoms with Gasteiger partial charge in [0.2, 0.25) is 0 Å². The van der Waals surface area contributed by atoms with E-state index >= 15 is 0 Å². The van der Waals surface area contributed by atoms with Crippen LogP contribution < -0.4 is 0 Å². The van der Waals surface area contributed by atoms with Crippen molar-refractivity contribution in [2.75, 3.05) is 0 Å². The van der Waals surface area contributed by atoms with Gasteiger partial charge in [0.1, 0.15) is 16.7 Å². The van der Waals surface area contributed by atoms with Gasteiger partial charge in [-0.05, 0) is 82.5 Å². The molecule has 0 N–H and O–H groups in total. The number of hydrogen-bond acceptors (Lipinski definition) is 5. The van der Waals surface area contributed by atoms with Gasteiger partial charge in [0.25, 0.3) is 0 Å². The van der Waals surface area contributed by atoms with Gasteiger partial charge in [-0.3, -0.25) is 0 Å². The number of hydrogen-bond donors (Lipinski definition) is 0. The predicted molar refractivity (Wildman–Crippen MR) is 266 cm³/mol. The smallest absolute Gasteiger partial charge is 0.456 e. The van der Waals surface area contributed by atoms with Gasteiger partial charge >= 0.3 is 20.1 Å². The largest absolute Gasteiger partial charge is 3.00 e. The summed E-state index contributed by atoms with van der Waals surface area (Å²) in [6.07, 6.45) is 9.08. The van der Waals surface area contributed by atoms with Gasteiger partial charge in [0.05, 0.1) is 6.20 Å². The third kappa shape index (κ3) is 8.50. The minimum atomic E-state index is 0. The Morgan fingerprint density at radius 1 is 0.358 bits per heavy atom. The molecule has 5 aromatic heterocycles. The van der Waals surface area contributed by atoms with Gasteiger partial charge in [0.15, 0.2) is 5.58 Å². The molecule has 0 bridgehead atoms. The number of aromatic nitrogens is 3. The van der Waals surface area contributed by atoms with E-state index in [1.54, 1.807) is 0 Å². The van der Waals surface area contributed by atoms with E-state index < -0.39 is 0 Å². The number of rotatable bonds is 11. The van der Waals surface area contributed by atoms with Crippen molar-refractivity contribution in [3.05, 3.63) is 235 Å². The third-order valence-electron chi connectivity index (χ3n) is 12.6. The van der Waals surface area contributed by atoms with Crippen LogP contribution in [0.5, 0.6) is 0 Å². The number of para-hydroxylation sites is 1. The maximum absolute atomic E-state index is 6.31. The summed E-state index contributed by atoms with van der Waals surface area (Å²) in [7, 11) is 0. The molecular formula is C61H40IrN3O2. The molecule has 0 fully saturated rings. The van der Waals surface area contributed by atoms with Crippen molar-refractivity contribution in [2.24, 2.45) is 0 Å². The zero-order valence-corrected chi connectivity index (χ0v) is 38.7. The van der Waals surface area contributed by atoms with Crippen molar-refractivity contribution in [3.63, 3.8) is 0 Å². The molecular weight excluding hydrogens is 999 g/mol. The molecule has 0 unspecified atom stereocenters. The summed E-state index contributed by atoms with van der Waals surface area (Å²) >= 11 is 0. The molecule has 320 valence electrons. The quantitative estimate of drug-likeness (QED) is 0.121. The minimum absolute atomic E-state index is 0. The maximum atomic E-state index is 6.31. The van der Waals surface area contributed by atoms with Gasteiger partial charge in [-0.2, -0.15) is 0 Å². The number of benzene rings is 7. The molecule has 0 atom stereocenters. The fraction of sp³-hybridized carbons (Fsp3) is 0.0656. The van der Waals surface area contributed by atoms with Gasteiger partial charge < -0.3 is 23.8 Å².